The van der Waals surface area contributed by atoms with E-state index in [0.717, 1.165) is 11.1 Å². The van der Waals surface area contributed by atoms with E-state index in [1.54, 1.807) is 0 Å². The molecule has 2 N–H and O–H groups in total. The molecule has 1 heterocycles. The van der Waals surface area contributed by atoms with Crippen molar-refractivity contribution in [1.29, 1.82) is 0 Å². The Kier molecular flexibility index (Phi) is 4.81. The number of nitrogens with zero attached hydrogens (tertiary/aromatic N) is 2. The van der Waals surface area contributed by atoms with Crippen LogP contribution in [0.25, 0.3) is 0 Å². The zero-order valence-electron chi connectivity index (χ0n) is 10.7. The Labute approximate surface area is 116 Å². The van der Waals surface area contributed by atoms with Gasteiger partial charge in [0.2, 0.25) is 0 Å². The Morgan fingerprint density at radius 1 is 1.30 bits per heavy atom. The summed E-state index contributed by atoms with van der Waals surface area (Å²) < 4.78 is 0. The molecule has 2 aromatic rings. The molecule has 1 aromatic carbocycles. The number of hydrogen-bond donors (Lipinski definition) is 2. The number of aliphatic hydroxyl groups is 1. The Morgan fingerprint density at radius 2 is 2.15 bits per heavy atom. The molecule has 2 rings (SSSR count). The average molecular weight is 267 g/mol. The number of amides is 1. The lowest BCUT2D eigenvalue weighted by atomic mass is 10.1. The first-order chi connectivity index (χ1) is 9.81. The highest BCUT2D eigenvalue weighted by molar-refractivity contribution is 5.91. The monoisotopic (exact) mass is 267 g/mol. The van der Waals surface area contributed by atoms with Crippen molar-refractivity contribution in [2.75, 3.05) is 6.61 Å². The maximum Gasteiger partial charge on any atom is 0.271 e. The van der Waals surface area contributed by atoms with Crippen LogP contribution in [0, 0.1) is 11.8 Å². The van der Waals surface area contributed by atoms with E-state index in [1.165, 1.54) is 18.6 Å². The van der Waals surface area contributed by atoms with E-state index in [4.69, 9.17) is 5.11 Å². The molecule has 1 amide bonds. The van der Waals surface area contributed by atoms with Gasteiger partial charge in [-0.3, -0.25) is 9.78 Å². The minimum absolute atomic E-state index is 0.194. The fourth-order valence-corrected chi connectivity index (χ4v) is 1.61. The van der Waals surface area contributed by atoms with E-state index in [0.29, 0.717) is 6.54 Å². The molecule has 20 heavy (non-hydrogen) atoms. The number of nitrogens with one attached hydrogen (secondary N) is 1. The molecule has 5 heteroatoms. The van der Waals surface area contributed by atoms with Crippen LogP contribution >= 0.6 is 0 Å². The molecule has 0 saturated heterocycles. The summed E-state index contributed by atoms with van der Waals surface area (Å²) in [5.74, 6) is 5.15. The number of aromatic nitrogens is 2. The van der Waals surface area contributed by atoms with Gasteiger partial charge >= 0.3 is 0 Å². The van der Waals surface area contributed by atoms with Crippen LogP contribution in [0.3, 0.4) is 0 Å². The maximum atomic E-state index is 11.9. The number of benzene rings is 1. The number of carbonyl (C=O) groups excluding carboxylic acids is 1. The molecule has 0 spiro atoms. The SMILES string of the molecule is O=C(NCc1ccccc1C#CCO)c1cnccn1. The fraction of sp³-hybridized carbons (Fsp3) is 0.133. The van der Waals surface area contributed by atoms with Gasteiger partial charge in [0.15, 0.2) is 0 Å². The van der Waals surface area contributed by atoms with Gasteiger partial charge in [0, 0.05) is 24.5 Å². The van der Waals surface area contributed by atoms with Crippen molar-refractivity contribution in [2.45, 2.75) is 6.54 Å². The number of hydrogen-bond acceptors (Lipinski definition) is 4. The lowest BCUT2D eigenvalue weighted by molar-refractivity contribution is 0.0945. The van der Waals surface area contributed by atoms with Gasteiger partial charge in [-0.1, -0.05) is 30.0 Å². The predicted octanol–water partition coefficient (Wildman–Crippen LogP) is 0.750. The summed E-state index contributed by atoms with van der Waals surface area (Å²) in [7, 11) is 0. The van der Waals surface area contributed by atoms with Crippen LogP contribution in [0.4, 0.5) is 0 Å². The van der Waals surface area contributed by atoms with Gasteiger partial charge in [0.25, 0.3) is 5.91 Å². The van der Waals surface area contributed by atoms with Crippen LogP contribution in [-0.4, -0.2) is 27.6 Å². The summed E-state index contributed by atoms with van der Waals surface area (Å²) >= 11 is 0. The zero-order chi connectivity index (χ0) is 14.2. The number of rotatable bonds is 3. The van der Waals surface area contributed by atoms with Gasteiger partial charge in [-0.15, -0.1) is 0 Å². The molecule has 0 aliphatic rings. The second-order valence-electron chi connectivity index (χ2n) is 3.89. The molecule has 0 fully saturated rings. The van der Waals surface area contributed by atoms with Crippen LogP contribution in [0.1, 0.15) is 21.6 Å². The van der Waals surface area contributed by atoms with E-state index >= 15 is 0 Å². The van der Waals surface area contributed by atoms with Crippen LogP contribution in [0.5, 0.6) is 0 Å². The first-order valence-corrected chi connectivity index (χ1v) is 6.03. The van der Waals surface area contributed by atoms with Crippen molar-refractivity contribution in [3.63, 3.8) is 0 Å². The minimum Gasteiger partial charge on any atom is -0.384 e. The highest BCUT2D eigenvalue weighted by Crippen LogP contribution is 2.07. The summed E-state index contributed by atoms with van der Waals surface area (Å²) in [5.41, 5.74) is 1.93. The van der Waals surface area contributed by atoms with Crippen molar-refractivity contribution in [1.82, 2.24) is 15.3 Å². The molecule has 0 aliphatic carbocycles. The van der Waals surface area contributed by atoms with Crippen molar-refractivity contribution in [2.24, 2.45) is 0 Å². The third-order valence-electron chi connectivity index (χ3n) is 2.55. The lowest BCUT2D eigenvalue weighted by Crippen LogP contribution is -2.24. The van der Waals surface area contributed by atoms with Crippen LogP contribution in [0.15, 0.2) is 42.9 Å². The molecule has 0 radical (unpaired) electrons. The average Bonchev–Trinajstić information content (AvgIpc) is 2.52. The Hall–Kier alpha value is -2.71. The van der Waals surface area contributed by atoms with E-state index in [2.05, 4.69) is 27.1 Å². The Bertz CT molecular complexity index is 645. The van der Waals surface area contributed by atoms with Gasteiger partial charge in [-0.25, -0.2) is 4.98 Å². The molecule has 5 nitrogen and oxygen atoms in total. The van der Waals surface area contributed by atoms with Crippen LogP contribution < -0.4 is 5.32 Å². The van der Waals surface area contributed by atoms with Crippen molar-refractivity contribution >= 4 is 5.91 Å². The molecular formula is C15H13N3O2. The fourth-order valence-electron chi connectivity index (χ4n) is 1.61. The summed E-state index contributed by atoms with van der Waals surface area (Å²) in [6.45, 7) is 0.145. The molecule has 0 aliphatic heterocycles. The molecule has 100 valence electrons. The van der Waals surface area contributed by atoms with Gasteiger partial charge < -0.3 is 10.4 Å². The quantitative estimate of drug-likeness (QED) is 0.805. The zero-order valence-corrected chi connectivity index (χ0v) is 10.7. The largest absolute Gasteiger partial charge is 0.384 e. The number of carbonyl (C=O) groups is 1. The summed E-state index contributed by atoms with van der Waals surface area (Å²) in [6, 6.07) is 7.44. The molecule has 1 aromatic heterocycles. The van der Waals surface area contributed by atoms with Crippen molar-refractivity contribution in [3.05, 3.63) is 59.7 Å². The second-order valence-corrected chi connectivity index (χ2v) is 3.89. The molecule has 0 saturated carbocycles. The third-order valence-corrected chi connectivity index (χ3v) is 2.55. The minimum atomic E-state index is -0.289. The second kappa shape index (κ2) is 7.02. The first kappa shape index (κ1) is 13.7. The molecule has 0 unspecified atom stereocenters. The van der Waals surface area contributed by atoms with E-state index in [-0.39, 0.29) is 18.2 Å². The van der Waals surface area contributed by atoms with Gasteiger partial charge in [0.05, 0.1) is 6.20 Å². The van der Waals surface area contributed by atoms with Crippen LogP contribution in [0.2, 0.25) is 0 Å². The standard InChI is InChI=1S/C15H13N3O2/c19-9-3-6-12-4-1-2-5-13(12)10-18-15(20)14-11-16-7-8-17-14/h1-2,4-5,7-8,11,19H,9-10H2,(H,18,20). The van der Waals surface area contributed by atoms with Crippen molar-refractivity contribution in [3.8, 4) is 11.8 Å². The smallest absolute Gasteiger partial charge is 0.271 e. The molecule has 0 atom stereocenters. The number of aliphatic hydroxyl groups excluding tert-OH is 1. The van der Waals surface area contributed by atoms with Crippen molar-refractivity contribution < 1.29 is 9.90 Å². The summed E-state index contributed by atoms with van der Waals surface area (Å²) in [4.78, 5) is 19.6. The predicted molar refractivity (Wildman–Crippen MR) is 73.6 cm³/mol. The highest BCUT2D eigenvalue weighted by Gasteiger charge is 2.07. The lowest BCUT2D eigenvalue weighted by Gasteiger charge is -2.06. The topological polar surface area (TPSA) is 75.1 Å². The Morgan fingerprint density at radius 3 is 2.90 bits per heavy atom. The van der Waals surface area contributed by atoms with Crippen LogP contribution in [-0.2, 0) is 6.54 Å². The highest BCUT2D eigenvalue weighted by atomic mass is 16.2. The maximum absolute atomic E-state index is 11.9. The summed E-state index contributed by atoms with van der Waals surface area (Å²) in [6.07, 6.45) is 4.39. The summed E-state index contributed by atoms with van der Waals surface area (Å²) in [5, 5.41) is 11.5. The van der Waals surface area contributed by atoms with Gasteiger partial charge in [0.1, 0.15) is 12.3 Å². The first-order valence-electron chi connectivity index (χ1n) is 6.03. The van der Waals surface area contributed by atoms with Gasteiger partial charge in [-0.2, -0.15) is 0 Å². The van der Waals surface area contributed by atoms with E-state index < -0.39 is 0 Å². The molecular weight excluding hydrogens is 254 g/mol. The van der Waals surface area contributed by atoms with E-state index in [9.17, 15) is 4.79 Å². The van der Waals surface area contributed by atoms with E-state index in [1.807, 2.05) is 24.3 Å². The third kappa shape index (κ3) is 3.64. The Balaban J connectivity index is 2.06. The normalized spacial score (nSPS) is 9.45. The molecule has 0 bridgehead atoms. The van der Waals surface area contributed by atoms with Gasteiger partial charge in [-0.05, 0) is 11.6 Å².